The Hall–Kier alpha value is -1.94. The van der Waals surface area contributed by atoms with Gasteiger partial charge in [0.2, 0.25) is 0 Å². The highest BCUT2D eigenvalue weighted by Crippen LogP contribution is 2.45. The van der Waals surface area contributed by atoms with Gasteiger partial charge >= 0.3 is 39.5 Å². The van der Waals surface area contributed by atoms with Crippen LogP contribution in [0.2, 0.25) is 0 Å². The number of phosphoric ester groups is 2. The molecule has 0 saturated carbocycles. The summed E-state index contributed by atoms with van der Waals surface area (Å²) in [5.74, 6) is 0.782. The largest absolute Gasteiger partial charge is 0.472 e. The number of aliphatic hydroxyl groups excluding tert-OH is 1. The molecule has 17 nitrogen and oxygen atoms in total. The molecular formula is C70H136O17P2. The Bertz CT molecular complexity index is 1760. The number of rotatable bonds is 67. The van der Waals surface area contributed by atoms with Crippen molar-refractivity contribution in [2.75, 3.05) is 39.6 Å². The molecule has 0 spiro atoms. The minimum Gasteiger partial charge on any atom is -0.462 e. The summed E-state index contributed by atoms with van der Waals surface area (Å²) >= 11 is 0. The first-order chi connectivity index (χ1) is 42.6. The van der Waals surface area contributed by atoms with Crippen molar-refractivity contribution in [2.24, 2.45) is 23.7 Å². The monoisotopic (exact) mass is 1310 g/mol. The van der Waals surface area contributed by atoms with Gasteiger partial charge in [-0.3, -0.25) is 37.3 Å². The molecule has 0 aliphatic heterocycles. The normalized spacial score (nSPS) is 14.3. The highest BCUT2D eigenvalue weighted by Gasteiger charge is 2.30. The average Bonchev–Trinajstić information content (AvgIpc) is 3.70. The van der Waals surface area contributed by atoms with E-state index in [9.17, 15) is 43.2 Å². The molecule has 0 amide bonds. The van der Waals surface area contributed by atoms with Crippen molar-refractivity contribution in [3.8, 4) is 0 Å². The lowest BCUT2D eigenvalue weighted by atomic mass is 10.0. The van der Waals surface area contributed by atoms with Crippen LogP contribution in [0, 0.1) is 23.7 Å². The smallest absolute Gasteiger partial charge is 0.462 e. The second-order valence-corrected chi connectivity index (χ2v) is 30.1. The Morgan fingerprint density at radius 2 is 0.472 bits per heavy atom. The summed E-state index contributed by atoms with van der Waals surface area (Å²) < 4.78 is 68.2. The number of unbranched alkanes of at least 4 members (excludes halogenated alkanes) is 33. The number of carbonyl (C=O) groups is 4. The topological polar surface area (TPSA) is 237 Å². The molecular weight excluding hydrogens is 1170 g/mol. The van der Waals surface area contributed by atoms with Gasteiger partial charge in [0.05, 0.1) is 26.4 Å². The lowest BCUT2D eigenvalue weighted by molar-refractivity contribution is -0.161. The van der Waals surface area contributed by atoms with Crippen molar-refractivity contribution in [1.29, 1.82) is 0 Å². The number of esters is 4. The molecule has 0 heterocycles. The van der Waals surface area contributed by atoms with E-state index in [0.29, 0.717) is 37.5 Å². The maximum Gasteiger partial charge on any atom is 0.472 e. The van der Waals surface area contributed by atoms with E-state index < -0.39 is 97.5 Å². The summed E-state index contributed by atoms with van der Waals surface area (Å²) in [6, 6.07) is 0. The van der Waals surface area contributed by atoms with Crippen LogP contribution >= 0.6 is 15.6 Å². The van der Waals surface area contributed by atoms with E-state index in [1.165, 1.54) is 141 Å². The van der Waals surface area contributed by atoms with Crippen LogP contribution in [0.1, 0.15) is 344 Å². The third-order valence-corrected chi connectivity index (χ3v) is 18.0. The first kappa shape index (κ1) is 87.1. The van der Waals surface area contributed by atoms with E-state index in [2.05, 4.69) is 55.4 Å². The Morgan fingerprint density at radius 1 is 0.281 bits per heavy atom. The maximum atomic E-state index is 13.0. The van der Waals surface area contributed by atoms with E-state index >= 15 is 0 Å². The molecule has 0 rings (SSSR count). The van der Waals surface area contributed by atoms with E-state index in [1.807, 2.05) is 0 Å². The lowest BCUT2D eigenvalue weighted by Crippen LogP contribution is -2.30. The molecule has 2 unspecified atom stereocenters. The molecule has 0 radical (unpaired) electrons. The minimum atomic E-state index is -4.95. The van der Waals surface area contributed by atoms with Crippen molar-refractivity contribution >= 4 is 39.5 Å². The summed E-state index contributed by atoms with van der Waals surface area (Å²) in [7, 11) is -9.90. The van der Waals surface area contributed by atoms with Gasteiger partial charge in [-0.15, -0.1) is 0 Å². The van der Waals surface area contributed by atoms with Crippen molar-refractivity contribution in [1.82, 2.24) is 0 Å². The van der Waals surface area contributed by atoms with Crippen LogP contribution in [0.15, 0.2) is 0 Å². The number of phosphoric acid groups is 2. The Balaban J connectivity index is 5.22. The first-order valence-electron chi connectivity index (χ1n) is 36.2. The fourth-order valence-electron chi connectivity index (χ4n) is 10.5. The van der Waals surface area contributed by atoms with Gasteiger partial charge in [-0.25, -0.2) is 9.13 Å². The van der Waals surface area contributed by atoms with Crippen LogP contribution in [0.5, 0.6) is 0 Å². The van der Waals surface area contributed by atoms with Gasteiger partial charge in [0.15, 0.2) is 12.2 Å². The molecule has 0 aliphatic carbocycles. The molecule has 5 atom stereocenters. The van der Waals surface area contributed by atoms with Crippen LogP contribution in [-0.4, -0.2) is 96.7 Å². The Kier molecular flexibility index (Phi) is 58.5. The van der Waals surface area contributed by atoms with Gasteiger partial charge in [-0.1, -0.05) is 293 Å². The van der Waals surface area contributed by atoms with Crippen LogP contribution < -0.4 is 0 Å². The van der Waals surface area contributed by atoms with Gasteiger partial charge in [0.1, 0.15) is 19.3 Å². The number of aliphatic hydroxyl groups is 1. The lowest BCUT2D eigenvalue weighted by Gasteiger charge is -2.21. The second kappa shape index (κ2) is 59.8. The first-order valence-corrected chi connectivity index (χ1v) is 39.2. The van der Waals surface area contributed by atoms with Gasteiger partial charge in [-0.2, -0.15) is 0 Å². The van der Waals surface area contributed by atoms with E-state index in [-0.39, 0.29) is 25.7 Å². The number of hydrogen-bond acceptors (Lipinski definition) is 15. The summed E-state index contributed by atoms with van der Waals surface area (Å²) in [6.45, 7) is 14.0. The predicted octanol–water partition coefficient (Wildman–Crippen LogP) is 19.7. The average molecular weight is 1310 g/mol. The van der Waals surface area contributed by atoms with Crippen molar-refractivity contribution in [3.63, 3.8) is 0 Å². The Morgan fingerprint density at radius 3 is 0.697 bits per heavy atom. The van der Waals surface area contributed by atoms with Crippen LogP contribution in [0.25, 0.3) is 0 Å². The molecule has 0 bridgehead atoms. The molecule has 0 aromatic rings. The summed E-state index contributed by atoms with van der Waals surface area (Å²) in [5, 5.41) is 10.6. The minimum absolute atomic E-state index is 0.101. The summed E-state index contributed by atoms with van der Waals surface area (Å²) in [6.07, 6.45) is 42.0. The van der Waals surface area contributed by atoms with E-state index in [1.54, 1.807) is 0 Å². The molecule has 0 aromatic heterocycles. The van der Waals surface area contributed by atoms with Crippen LogP contribution in [0.3, 0.4) is 0 Å². The van der Waals surface area contributed by atoms with E-state index in [4.69, 9.17) is 37.0 Å². The zero-order chi connectivity index (χ0) is 66.1. The highest BCUT2D eigenvalue weighted by molar-refractivity contribution is 7.47. The fraction of sp³-hybridized carbons (Fsp3) is 0.943. The number of ether oxygens (including phenoxy) is 4. The maximum absolute atomic E-state index is 13.0. The molecule has 0 aliphatic rings. The molecule has 19 heteroatoms. The van der Waals surface area contributed by atoms with Gasteiger partial charge in [-0.05, 0) is 49.4 Å². The molecule has 0 fully saturated rings. The molecule has 528 valence electrons. The third-order valence-electron chi connectivity index (χ3n) is 16.1. The highest BCUT2D eigenvalue weighted by atomic mass is 31.2. The third kappa shape index (κ3) is 64.6. The van der Waals surface area contributed by atoms with Crippen LogP contribution in [-0.2, 0) is 65.4 Å². The van der Waals surface area contributed by atoms with Gasteiger partial charge in [0, 0.05) is 25.7 Å². The molecule has 0 aromatic carbocycles. The van der Waals surface area contributed by atoms with Crippen LogP contribution in [0.4, 0.5) is 0 Å². The zero-order valence-electron chi connectivity index (χ0n) is 58.1. The van der Waals surface area contributed by atoms with E-state index in [0.717, 1.165) is 108 Å². The molecule has 89 heavy (non-hydrogen) atoms. The number of carbonyl (C=O) groups excluding carboxylic acids is 4. The zero-order valence-corrected chi connectivity index (χ0v) is 59.8. The summed E-state index contributed by atoms with van der Waals surface area (Å²) in [5.41, 5.74) is 0. The van der Waals surface area contributed by atoms with Gasteiger partial charge in [0.25, 0.3) is 0 Å². The van der Waals surface area contributed by atoms with Crippen molar-refractivity contribution in [3.05, 3.63) is 0 Å². The SMILES string of the molecule is CC(C)CCCCCCCCCCCCCCCC(=O)OC[C@H](COP(=O)(O)OC[C@@H](O)COP(=O)(O)OC[C@@H](COC(=O)CCCCCCCCC(C)C)OC(=O)CCCCCCCCC(C)C)OC(=O)CCCCCCCCCCCCCCC(C)C. The predicted molar refractivity (Wildman–Crippen MR) is 358 cm³/mol. The number of hydrogen-bond donors (Lipinski definition) is 3. The standard InChI is InChI=1S/C70H136O17P2/c1-60(2)46-38-30-22-18-14-10-9-11-16-20-24-34-42-50-67(72)80-56-65(86-69(74)52-44-36-25-21-17-13-12-15-19-23-31-39-47-61(3)4)58-84-88(76,77)82-54-64(71)55-83-89(78,79)85-59-66(87-70(75)53-45-37-29-27-33-41-49-63(7)8)57-81-68(73)51-43-35-28-26-32-40-48-62(5)6/h60-66,71H,9-59H2,1-8H3,(H,76,77)(H,78,79)/t64-,65-,66-/m1/s1. The van der Waals surface area contributed by atoms with Crippen molar-refractivity contribution < 1.29 is 80.2 Å². The molecule has 0 saturated heterocycles. The van der Waals surface area contributed by atoms with Gasteiger partial charge < -0.3 is 33.8 Å². The Labute approximate surface area is 543 Å². The fourth-order valence-corrected chi connectivity index (χ4v) is 12.1. The summed E-state index contributed by atoms with van der Waals surface area (Å²) in [4.78, 5) is 72.4. The quantitative estimate of drug-likeness (QED) is 0.0222. The second-order valence-electron chi connectivity index (χ2n) is 27.2. The van der Waals surface area contributed by atoms with Crippen molar-refractivity contribution in [2.45, 2.75) is 363 Å². The molecule has 3 N–H and O–H groups in total.